The number of aliphatic hydroxyl groups excluding tert-OH is 4. The summed E-state index contributed by atoms with van der Waals surface area (Å²) in [6.45, 7) is -1.34. The van der Waals surface area contributed by atoms with E-state index in [1.807, 2.05) is 0 Å². The largest absolute Gasteiger partial charge is 0.465 e. The van der Waals surface area contributed by atoms with Crippen molar-refractivity contribution in [2.45, 2.75) is 64.2 Å². The first-order valence-electron chi connectivity index (χ1n) is 8.77. The molecule has 0 spiro atoms. The van der Waals surface area contributed by atoms with Crippen molar-refractivity contribution in [2.24, 2.45) is 5.41 Å². The van der Waals surface area contributed by atoms with Gasteiger partial charge in [-0.3, -0.25) is 4.79 Å². The zero-order valence-electron chi connectivity index (χ0n) is 14.2. The number of unbranched alkanes of at least 4 members (excludes halogenated alkanes) is 9. The first-order chi connectivity index (χ1) is 11.2. The Morgan fingerprint density at radius 1 is 0.652 bits per heavy atom. The van der Waals surface area contributed by atoms with Crippen LogP contribution < -0.4 is 0 Å². The van der Waals surface area contributed by atoms with Crippen molar-refractivity contribution in [3.05, 3.63) is 0 Å². The number of ether oxygens (including phenoxy) is 1. The van der Waals surface area contributed by atoms with Gasteiger partial charge in [0, 0.05) is 6.61 Å². The number of carbonyl (C=O) groups is 1. The molecule has 6 heteroatoms. The smallest absolute Gasteiger partial charge is 0.319 e. The van der Waals surface area contributed by atoms with E-state index in [9.17, 15) is 4.79 Å². The van der Waals surface area contributed by atoms with Crippen LogP contribution in [0.5, 0.6) is 0 Å². The SMILES string of the molecule is O=C(OCCCCCCCCCCCCO)C(CO)(CO)CO. The van der Waals surface area contributed by atoms with Crippen molar-refractivity contribution >= 4 is 5.97 Å². The van der Waals surface area contributed by atoms with Gasteiger partial charge in [-0.2, -0.15) is 0 Å². The Morgan fingerprint density at radius 2 is 1.04 bits per heavy atom. The third-order valence-corrected chi connectivity index (χ3v) is 4.13. The molecule has 0 aromatic carbocycles. The molecule has 138 valence electrons. The van der Waals surface area contributed by atoms with Crippen LogP contribution in [0.4, 0.5) is 0 Å². The molecule has 0 saturated heterocycles. The Hall–Kier alpha value is -0.690. The van der Waals surface area contributed by atoms with Crippen molar-refractivity contribution in [2.75, 3.05) is 33.0 Å². The molecule has 0 aliphatic carbocycles. The van der Waals surface area contributed by atoms with Gasteiger partial charge in [0.25, 0.3) is 0 Å². The summed E-state index contributed by atoms with van der Waals surface area (Å²) >= 11 is 0. The molecule has 0 atom stereocenters. The lowest BCUT2D eigenvalue weighted by Gasteiger charge is -2.24. The van der Waals surface area contributed by atoms with Gasteiger partial charge in [-0.25, -0.2) is 0 Å². The summed E-state index contributed by atoms with van der Waals surface area (Å²) in [4.78, 5) is 11.7. The van der Waals surface area contributed by atoms with E-state index in [-0.39, 0.29) is 6.61 Å². The standard InChI is InChI=1S/C17H34O6/c18-11-9-7-5-3-1-2-4-6-8-10-12-23-16(22)17(13-19,14-20)15-21/h18-21H,1-15H2. The average Bonchev–Trinajstić information content (AvgIpc) is 2.58. The summed E-state index contributed by atoms with van der Waals surface area (Å²) in [6, 6.07) is 0. The molecule has 0 aliphatic heterocycles. The summed E-state index contributed by atoms with van der Waals surface area (Å²) in [7, 11) is 0. The molecule has 23 heavy (non-hydrogen) atoms. The van der Waals surface area contributed by atoms with E-state index < -0.39 is 31.2 Å². The third kappa shape index (κ3) is 9.91. The van der Waals surface area contributed by atoms with Gasteiger partial charge in [-0.05, 0) is 12.8 Å². The molecule has 0 aliphatic rings. The van der Waals surface area contributed by atoms with E-state index in [2.05, 4.69) is 0 Å². The zero-order chi connectivity index (χ0) is 17.4. The van der Waals surface area contributed by atoms with Crippen molar-refractivity contribution in [3.8, 4) is 0 Å². The maximum absolute atomic E-state index is 11.7. The highest BCUT2D eigenvalue weighted by Gasteiger charge is 2.38. The molecule has 6 nitrogen and oxygen atoms in total. The first kappa shape index (κ1) is 22.3. The second kappa shape index (κ2) is 14.9. The van der Waals surface area contributed by atoms with Crippen LogP contribution in [0.1, 0.15) is 64.2 Å². The fourth-order valence-corrected chi connectivity index (χ4v) is 2.29. The van der Waals surface area contributed by atoms with E-state index in [0.29, 0.717) is 6.61 Å². The molecular formula is C17H34O6. The second-order valence-corrected chi connectivity index (χ2v) is 6.15. The van der Waals surface area contributed by atoms with Crippen LogP contribution >= 0.6 is 0 Å². The maximum atomic E-state index is 11.7. The minimum Gasteiger partial charge on any atom is -0.465 e. The fraction of sp³-hybridized carbons (Fsp3) is 0.941. The first-order valence-corrected chi connectivity index (χ1v) is 8.77. The molecule has 0 heterocycles. The van der Waals surface area contributed by atoms with Crippen molar-refractivity contribution in [1.29, 1.82) is 0 Å². The number of hydrogen-bond acceptors (Lipinski definition) is 6. The van der Waals surface area contributed by atoms with Gasteiger partial charge in [0.1, 0.15) is 5.41 Å². The molecule has 0 radical (unpaired) electrons. The number of hydrogen-bond donors (Lipinski definition) is 4. The van der Waals surface area contributed by atoms with Crippen molar-refractivity contribution in [1.82, 2.24) is 0 Å². The average molecular weight is 334 g/mol. The van der Waals surface area contributed by atoms with Gasteiger partial charge in [0.2, 0.25) is 0 Å². The molecule has 0 amide bonds. The van der Waals surface area contributed by atoms with Crippen molar-refractivity contribution in [3.63, 3.8) is 0 Å². The molecule has 4 N–H and O–H groups in total. The van der Waals surface area contributed by atoms with E-state index in [4.69, 9.17) is 25.2 Å². The topological polar surface area (TPSA) is 107 Å². The Bertz CT molecular complexity index is 270. The highest BCUT2D eigenvalue weighted by atomic mass is 16.5. The van der Waals surface area contributed by atoms with Crippen LogP contribution in [0.3, 0.4) is 0 Å². The summed E-state index contributed by atoms with van der Waals surface area (Å²) < 4.78 is 5.02. The highest BCUT2D eigenvalue weighted by molar-refractivity contribution is 5.77. The number of aliphatic hydroxyl groups is 4. The van der Waals surface area contributed by atoms with Crippen LogP contribution in [0.15, 0.2) is 0 Å². The highest BCUT2D eigenvalue weighted by Crippen LogP contribution is 2.17. The molecular weight excluding hydrogens is 300 g/mol. The molecule has 0 fully saturated rings. The summed E-state index contributed by atoms with van der Waals surface area (Å²) in [5, 5.41) is 36.0. The lowest BCUT2D eigenvalue weighted by molar-refractivity contribution is -0.165. The molecule has 0 aromatic heterocycles. The van der Waals surface area contributed by atoms with E-state index in [0.717, 1.165) is 32.1 Å². The third-order valence-electron chi connectivity index (χ3n) is 4.13. The molecule has 0 aromatic rings. The van der Waals surface area contributed by atoms with Crippen LogP contribution in [0.2, 0.25) is 0 Å². The van der Waals surface area contributed by atoms with Gasteiger partial charge in [0.15, 0.2) is 0 Å². The Morgan fingerprint density at radius 3 is 1.43 bits per heavy atom. The zero-order valence-corrected chi connectivity index (χ0v) is 14.2. The lowest BCUT2D eigenvalue weighted by Crippen LogP contribution is -2.43. The summed E-state index contributed by atoms with van der Waals surface area (Å²) in [5.41, 5.74) is -1.59. The second-order valence-electron chi connectivity index (χ2n) is 6.15. The van der Waals surface area contributed by atoms with Gasteiger partial charge in [0.05, 0.1) is 26.4 Å². The van der Waals surface area contributed by atoms with E-state index in [1.54, 1.807) is 0 Å². The van der Waals surface area contributed by atoms with E-state index in [1.165, 1.54) is 32.1 Å². The molecule has 0 saturated carbocycles. The minimum atomic E-state index is -1.59. The quantitative estimate of drug-likeness (QED) is 0.251. The monoisotopic (exact) mass is 334 g/mol. The predicted octanol–water partition coefficient (Wildman–Crippen LogP) is 1.39. The van der Waals surface area contributed by atoms with Crippen molar-refractivity contribution < 1.29 is 30.0 Å². The fourth-order valence-electron chi connectivity index (χ4n) is 2.29. The van der Waals surface area contributed by atoms with Crippen LogP contribution in [-0.2, 0) is 9.53 Å². The van der Waals surface area contributed by atoms with Crippen LogP contribution in [0, 0.1) is 5.41 Å². The maximum Gasteiger partial charge on any atom is 0.319 e. The summed E-state index contributed by atoms with van der Waals surface area (Å²) in [5.74, 6) is -0.743. The van der Waals surface area contributed by atoms with Gasteiger partial charge in [-0.15, -0.1) is 0 Å². The summed E-state index contributed by atoms with van der Waals surface area (Å²) in [6.07, 6.45) is 10.9. The van der Waals surface area contributed by atoms with Gasteiger partial charge < -0.3 is 25.2 Å². The Labute approximate surface area is 139 Å². The Kier molecular flexibility index (Phi) is 14.4. The van der Waals surface area contributed by atoms with Gasteiger partial charge >= 0.3 is 5.97 Å². The van der Waals surface area contributed by atoms with Gasteiger partial charge in [-0.1, -0.05) is 51.4 Å². The minimum absolute atomic E-state index is 0.252. The molecule has 0 unspecified atom stereocenters. The van der Waals surface area contributed by atoms with Crippen LogP contribution in [-0.4, -0.2) is 59.4 Å². The normalized spacial score (nSPS) is 11.7. The number of esters is 1. The molecule has 0 rings (SSSR count). The predicted molar refractivity (Wildman–Crippen MR) is 87.9 cm³/mol. The molecule has 0 bridgehead atoms. The number of rotatable bonds is 16. The van der Waals surface area contributed by atoms with E-state index >= 15 is 0 Å². The Balaban J connectivity index is 3.47. The lowest BCUT2D eigenvalue weighted by atomic mass is 9.91. The van der Waals surface area contributed by atoms with Crippen LogP contribution in [0.25, 0.3) is 0 Å². The number of carbonyl (C=O) groups excluding carboxylic acids is 1.